The first-order chi connectivity index (χ1) is 7.89. The van der Waals surface area contributed by atoms with E-state index in [1.54, 1.807) is 0 Å². The number of rotatable bonds is 4. The summed E-state index contributed by atoms with van der Waals surface area (Å²) in [6.45, 7) is 8.58. The fourth-order valence-corrected chi connectivity index (χ4v) is 3.24. The van der Waals surface area contributed by atoms with Gasteiger partial charge < -0.3 is 10.2 Å². The number of hydrogen-bond acceptors (Lipinski definition) is 2. The summed E-state index contributed by atoms with van der Waals surface area (Å²) in [6, 6.07) is 0. The first kappa shape index (κ1) is 15.0. The molecule has 0 aromatic heterocycles. The van der Waals surface area contributed by atoms with Crippen LogP contribution in [0.2, 0.25) is 0 Å². The summed E-state index contributed by atoms with van der Waals surface area (Å²) in [7, 11) is 0. The van der Waals surface area contributed by atoms with E-state index in [2.05, 4.69) is 20.8 Å². The van der Waals surface area contributed by atoms with E-state index in [1.165, 1.54) is 12.8 Å². The number of hydrogen-bond donors (Lipinski definition) is 2. The van der Waals surface area contributed by atoms with Crippen molar-refractivity contribution < 1.29 is 10.2 Å². The topological polar surface area (TPSA) is 40.5 Å². The van der Waals surface area contributed by atoms with Crippen molar-refractivity contribution in [2.45, 2.75) is 71.8 Å². The molecule has 0 bridgehead atoms. The van der Waals surface area contributed by atoms with Gasteiger partial charge in [0.1, 0.15) is 0 Å². The van der Waals surface area contributed by atoms with Crippen molar-refractivity contribution in [2.75, 3.05) is 6.61 Å². The summed E-state index contributed by atoms with van der Waals surface area (Å²) in [5, 5.41) is 20.7. The Labute approximate surface area is 106 Å². The van der Waals surface area contributed by atoms with Gasteiger partial charge in [0, 0.05) is 5.41 Å². The van der Waals surface area contributed by atoms with E-state index < -0.39 is 5.60 Å². The van der Waals surface area contributed by atoms with Crippen LogP contribution in [0.25, 0.3) is 0 Å². The molecule has 0 aliphatic heterocycles. The molecular formula is C15H30O2. The largest absolute Gasteiger partial charge is 0.396 e. The van der Waals surface area contributed by atoms with Crippen LogP contribution >= 0.6 is 0 Å². The Hall–Kier alpha value is -0.0800. The molecule has 1 fully saturated rings. The van der Waals surface area contributed by atoms with Crippen LogP contribution in [0, 0.1) is 17.3 Å². The van der Waals surface area contributed by atoms with Gasteiger partial charge in [0.25, 0.3) is 0 Å². The summed E-state index contributed by atoms with van der Waals surface area (Å²) < 4.78 is 0. The monoisotopic (exact) mass is 242 g/mol. The molecule has 3 unspecified atom stereocenters. The minimum atomic E-state index is -0.681. The van der Waals surface area contributed by atoms with Crippen molar-refractivity contribution in [1.82, 2.24) is 0 Å². The highest BCUT2D eigenvalue weighted by atomic mass is 16.3. The van der Waals surface area contributed by atoms with Crippen molar-refractivity contribution in [3.8, 4) is 0 Å². The van der Waals surface area contributed by atoms with Crippen LogP contribution in [0.15, 0.2) is 0 Å². The third-order valence-electron chi connectivity index (χ3n) is 5.41. The lowest BCUT2D eigenvalue weighted by molar-refractivity contribution is -0.133. The zero-order valence-electron chi connectivity index (χ0n) is 12.0. The van der Waals surface area contributed by atoms with E-state index in [-0.39, 0.29) is 12.0 Å². The van der Waals surface area contributed by atoms with Gasteiger partial charge in [-0.05, 0) is 31.1 Å². The third kappa shape index (κ3) is 2.85. The molecule has 0 spiro atoms. The van der Waals surface area contributed by atoms with E-state index in [9.17, 15) is 10.2 Å². The summed E-state index contributed by atoms with van der Waals surface area (Å²) in [5.41, 5.74) is -1.05. The summed E-state index contributed by atoms with van der Waals surface area (Å²) >= 11 is 0. The minimum absolute atomic E-state index is 0.0813. The van der Waals surface area contributed by atoms with Crippen LogP contribution in [0.4, 0.5) is 0 Å². The fourth-order valence-electron chi connectivity index (χ4n) is 3.24. The van der Waals surface area contributed by atoms with Gasteiger partial charge in [0.2, 0.25) is 0 Å². The van der Waals surface area contributed by atoms with Gasteiger partial charge in [-0.15, -0.1) is 0 Å². The maximum Gasteiger partial charge on any atom is 0.0725 e. The molecular weight excluding hydrogens is 212 g/mol. The molecule has 1 rings (SSSR count). The molecule has 1 saturated carbocycles. The Kier molecular flexibility index (Phi) is 5.03. The molecule has 2 nitrogen and oxygen atoms in total. The highest BCUT2D eigenvalue weighted by molar-refractivity contribution is 4.99. The average Bonchev–Trinajstić information content (AvgIpc) is 2.50. The molecule has 0 saturated heterocycles. The smallest absolute Gasteiger partial charge is 0.0725 e. The van der Waals surface area contributed by atoms with E-state index in [0.29, 0.717) is 5.92 Å². The quantitative estimate of drug-likeness (QED) is 0.742. The van der Waals surface area contributed by atoms with Crippen LogP contribution < -0.4 is 0 Å². The molecule has 3 atom stereocenters. The van der Waals surface area contributed by atoms with Crippen LogP contribution in [-0.2, 0) is 0 Å². The first-order valence-corrected chi connectivity index (χ1v) is 7.23. The van der Waals surface area contributed by atoms with Crippen LogP contribution in [-0.4, -0.2) is 22.4 Å². The van der Waals surface area contributed by atoms with Crippen molar-refractivity contribution in [1.29, 1.82) is 0 Å². The highest BCUT2D eigenvalue weighted by Gasteiger charge is 2.48. The molecule has 1 aliphatic carbocycles. The predicted molar refractivity (Wildman–Crippen MR) is 71.8 cm³/mol. The zero-order valence-corrected chi connectivity index (χ0v) is 12.0. The molecule has 0 aromatic carbocycles. The lowest BCUT2D eigenvalue weighted by Gasteiger charge is -2.47. The molecule has 2 N–H and O–H groups in total. The number of aliphatic hydroxyl groups is 2. The van der Waals surface area contributed by atoms with E-state index >= 15 is 0 Å². The normalized spacial score (nSPS) is 34.4. The maximum atomic E-state index is 11.0. The Morgan fingerprint density at radius 1 is 1.29 bits per heavy atom. The summed E-state index contributed by atoms with van der Waals surface area (Å²) in [6.07, 6.45) is 6.35. The van der Waals surface area contributed by atoms with Gasteiger partial charge in [-0.1, -0.05) is 47.0 Å². The summed E-state index contributed by atoms with van der Waals surface area (Å²) in [5.74, 6) is 1.06. The van der Waals surface area contributed by atoms with E-state index in [1.807, 2.05) is 6.92 Å². The van der Waals surface area contributed by atoms with Crippen molar-refractivity contribution in [3.63, 3.8) is 0 Å². The van der Waals surface area contributed by atoms with Gasteiger partial charge >= 0.3 is 0 Å². The SMILES string of the molecule is CCC1CCCC(O)(C(C)(CO)C(C)C)CC1. The minimum Gasteiger partial charge on any atom is -0.396 e. The molecule has 2 heteroatoms. The van der Waals surface area contributed by atoms with Crippen molar-refractivity contribution in [2.24, 2.45) is 17.3 Å². The average molecular weight is 242 g/mol. The van der Waals surface area contributed by atoms with Crippen LogP contribution in [0.1, 0.15) is 66.2 Å². The van der Waals surface area contributed by atoms with Gasteiger partial charge in [0.15, 0.2) is 0 Å². The summed E-state index contributed by atoms with van der Waals surface area (Å²) in [4.78, 5) is 0. The Bertz CT molecular complexity index is 239. The Morgan fingerprint density at radius 3 is 2.41 bits per heavy atom. The van der Waals surface area contributed by atoms with Gasteiger partial charge in [-0.25, -0.2) is 0 Å². The predicted octanol–water partition coefficient (Wildman–Crippen LogP) is 3.36. The molecule has 0 aromatic rings. The molecule has 1 aliphatic rings. The Balaban J connectivity index is 2.85. The van der Waals surface area contributed by atoms with Gasteiger partial charge in [0.05, 0.1) is 12.2 Å². The number of aliphatic hydroxyl groups excluding tert-OH is 1. The van der Waals surface area contributed by atoms with E-state index in [0.717, 1.165) is 31.6 Å². The maximum absolute atomic E-state index is 11.0. The van der Waals surface area contributed by atoms with Crippen LogP contribution in [0.5, 0.6) is 0 Å². The van der Waals surface area contributed by atoms with Gasteiger partial charge in [-0.3, -0.25) is 0 Å². The third-order valence-corrected chi connectivity index (χ3v) is 5.41. The first-order valence-electron chi connectivity index (χ1n) is 7.23. The highest BCUT2D eigenvalue weighted by Crippen LogP contribution is 2.46. The lowest BCUT2D eigenvalue weighted by Crippen LogP contribution is -2.51. The van der Waals surface area contributed by atoms with Crippen LogP contribution in [0.3, 0.4) is 0 Å². The van der Waals surface area contributed by atoms with Crippen molar-refractivity contribution >= 4 is 0 Å². The fraction of sp³-hybridized carbons (Fsp3) is 1.00. The molecule has 0 amide bonds. The van der Waals surface area contributed by atoms with Crippen molar-refractivity contribution in [3.05, 3.63) is 0 Å². The van der Waals surface area contributed by atoms with Gasteiger partial charge in [-0.2, -0.15) is 0 Å². The van der Waals surface area contributed by atoms with E-state index in [4.69, 9.17) is 0 Å². The Morgan fingerprint density at radius 2 is 1.94 bits per heavy atom. The zero-order chi connectivity index (χ0) is 13.1. The second-order valence-electron chi connectivity index (χ2n) is 6.47. The standard InChI is InChI=1S/C15H30O2/c1-5-13-7-6-9-15(17,10-8-13)14(4,11-16)12(2)3/h12-13,16-17H,5-11H2,1-4H3. The molecule has 0 radical (unpaired) electrons. The second-order valence-corrected chi connectivity index (χ2v) is 6.47. The second kappa shape index (κ2) is 5.71. The lowest BCUT2D eigenvalue weighted by atomic mass is 9.63. The molecule has 102 valence electrons. The molecule has 0 heterocycles. The molecule has 17 heavy (non-hydrogen) atoms.